The molecule has 2 saturated heterocycles. The smallest absolute Gasteiger partial charge is 0.296 e. The second-order valence-corrected chi connectivity index (χ2v) is 13.8. The molecule has 3 heterocycles. The van der Waals surface area contributed by atoms with Gasteiger partial charge in [0.2, 0.25) is 0 Å². The lowest BCUT2D eigenvalue weighted by Crippen LogP contribution is -2.37. The third-order valence-electron chi connectivity index (χ3n) is 8.48. The monoisotopic (exact) mass is 602 g/mol. The Kier molecular flexibility index (Phi) is 6.79. The van der Waals surface area contributed by atoms with Gasteiger partial charge in [0.05, 0.1) is 18.5 Å². The number of hydrogen-bond acceptors (Lipinski definition) is 6. The first-order valence-corrected chi connectivity index (χ1v) is 16.5. The molecule has 44 heavy (non-hydrogen) atoms. The van der Waals surface area contributed by atoms with Crippen LogP contribution in [0.3, 0.4) is 0 Å². The molecule has 0 bridgehead atoms. The number of para-hydroxylation sites is 1. The van der Waals surface area contributed by atoms with Crippen molar-refractivity contribution in [1.29, 1.82) is 0 Å². The van der Waals surface area contributed by atoms with E-state index in [1.165, 1.54) is 0 Å². The van der Waals surface area contributed by atoms with Gasteiger partial charge in [0.25, 0.3) is 7.37 Å². The van der Waals surface area contributed by atoms with Crippen molar-refractivity contribution >= 4 is 12.7 Å². The van der Waals surface area contributed by atoms with Crippen LogP contribution in [-0.2, 0) is 19.2 Å². The highest BCUT2D eigenvalue weighted by Gasteiger charge is 2.58. The van der Waals surface area contributed by atoms with Gasteiger partial charge in [-0.1, -0.05) is 91.0 Å². The molecule has 2 fully saturated rings. The predicted molar refractivity (Wildman–Crippen MR) is 169 cm³/mol. The van der Waals surface area contributed by atoms with Crippen molar-refractivity contribution in [3.8, 4) is 28.4 Å². The van der Waals surface area contributed by atoms with E-state index >= 15 is 4.57 Å². The molecule has 3 aliphatic heterocycles. The largest absolute Gasteiger partial charge is 0.491 e. The number of ether oxygens (including phenoxy) is 4. The van der Waals surface area contributed by atoms with Crippen LogP contribution in [0.5, 0.6) is 17.2 Å². The molecule has 3 aliphatic rings. The van der Waals surface area contributed by atoms with E-state index < -0.39 is 12.5 Å². The molecule has 0 radical (unpaired) electrons. The number of fused-ring (bicyclic) bond motifs is 3. The average Bonchev–Trinajstić information content (AvgIpc) is 4.01. The molecule has 0 saturated carbocycles. The van der Waals surface area contributed by atoms with Gasteiger partial charge in [-0.3, -0.25) is 4.57 Å². The Hall–Kier alpha value is -4.35. The summed E-state index contributed by atoms with van der Waals surface area (Å²) in [7, 11) is -3.84. The van der Waals surface area contributed by atoms with Crippen LogP contribution in [0.4, 0.5) is 0 Å². The molecule has 0 aromatic heterocycles. The zero-order valence-corrected chi connectivity index (χ0v) is 24.9. The van der Waals surface area contributed by atoms with Crippen LogP contribution in [0.15, 0.2) is 127 Å². The van der Waals surface area contributed by atoms with Crippen LogP contribution in [0, 0.1) is 0 Å². The molecule has 3 unspecified atom stereocenters. The lowest BCUT2D eigenvalue weighted by Gasteiger charge is -2.44. The fourth-order valence-electron chi connectivity index (χ4n) is 6.14. The molecule has 7 heteroatoms. The maximum atomic E-state index is 16.3. The minimum Gasteiger partial charge on any atom is -0.491 e. The predicted octanol–water partition coefficient (Wildman–Crippen LogP) is 7.20. The van der Waals surface area contributed by atoms with Crippen molar-refractivity contribution in [2.75, 3.05) is 26.4 Å². The summed E-state index contributed by atoms with van der Waals surface area (Å²) in [6.07, 6.45) is 0.293. The van der Waals surface area contributed by atoms with Crippen molar-refractivity contribution < 1.29 is 28.0 Å². The molecule has 0 spiro atoms. The summed E-state index contributed by atoms with van der Waals surface area (Å²) < 4.78 is 45.9. The number of epoxide rings is 2. The Morgan fingerprint density at radius 2 is 1.07 bits per heavy atom. The van der Waals surface area contributed by atoms with E-state index in [1.54, 1.807) is 0 Å². The summed E-state index contributed by atoms with van der Waals surface area (Å²) in [6, 6.07) is 41.6. The maximum absolute atomic E-state index is 16.3. The van der Waals surface area contributed by atoms with Crippen LogP contribution in [0.25, 0.3) is 11.1 Å². The van der Waals surface area contributed by atoms with Crippen LogP contribution in [-0.4, -0.2) is 38.6 Å². The van der Waals surface area contributed by atoms with Crippen molar-refractivity contribution in [3.05, 3.63) is 144 Å². The van der Waals surface area contributed by atoms with Gasteiger partial charge >= 0.3 is 0 Å². The topological polar surface area (TPSA) is 69.8 Å². The molecule has 0 aliphatic carbocycles. The summed E-state index contributed by atoms with van der Waals surface area (Å²) >= 11 is 0. The highest BCUT2D eigenvalue weighted by Crippen LogP contribution is 2.71. The third kappa shape index (κ3) is 4.71. The van der Waals surface area contributed by atoms with Crippen LogP contribution in [0.1, 0.15) is 16.7 Å². The summed E-state index contributed by atoms with van der Waals surface area (Å²) in [6.45, 7) is 2.46. The first-order chi connectivity index (χ1) is 21.6. The fraction of sp³-hybridized carbons (Fsp3) is 0.189. The lowest BCUT2D eigenvalue weighted by atomic mass is 9.84. The van der Waals surface area contributed by atoms with Gasteiger partial charge in [0.15, 0.2) is 0 Å². The fourth-order valence-corrected chi connectivity index (χ4v) is 9.44. The second kappa shape index (κ2) is 11.0. The average molecular weight is 603 g/mol. The molecule has 0 amide bonds. The second-order valence-electron chi connectivity index (χ2n) is 11.3. The molecule has 0 N–H and O–H groups in total. The number of rotatable bonds is 10. The summed E-state index contributed by atoms with van der Waals surface area (Å²) in [5.74, 6) is 2.06. The van der Waals surface area contributed by atoms with Crippen LogP contribution in [0.2, 0.25) is 0 Å². The minimum atomic E-state index is -3.84. The number of hydrogen-bond donors (Lipinski definition) is 0. The summed E-state index contributed by atoms with van der Waals surface area (Å²) in [5, 5.41) is -0.534. The van der Waals surface area contributed by atoms with Gasteiger partial charge in [0, 0.05) is 5.56 Å². The molecule has 5 aromatic rings. The molecule has 8 rings (SSSR count). The Morgan fingerprint density at radius 1 is 0.591 bits per heavy atom. The van der Waals surface area contributed by atoms with Crippen molar-refractivity contribution in [2.45, 2.75) is 17.4 Å². The first kappa shape index (κ1) is 27.2. The van der Waals surface area contributed by atoms with E-state index in [0.29, 0.717) is 24.3 Å². The molecular formula is C37H31O6P. The molecule has 220 valence electrons. The van der Waals surface area contributed by atoms with Crippen molar-refractivity contribution in [1.82, 2.24) is 0 Å². The molecular weight excluding hydrogens is 571 g/mol. The number of benzene rings is 5. The third-order valence-corrected chi connectivity index (χ3v) is 11.6. The zero-order chi connectivity index (χ0) is 29.6. The van der Waals surface area contributed by atoms with E-state index in [9.17, 15) is 0 Å². The Balaban J connectivity index is 1.36. The minimum absolute atomic E-state index is 0.147. The highest BCUT2D eigenvalue weighted by atomic mass is 31.2. The van der Waals surface area contributed by atoms with Crippen molar-refractivity contribution in [2.24, 2.45) is 0 Å². The van der Waals surface area contributed by atoms with E-state index in [2.05, 4.69) is 0 Å². The summed E-state index contributed by atoms with van der Waals surface area (Å²) in [4.78, 5) is 0. The Bertz CT molecular complexity index is 1770. The lowest BCUT2D eigenvalue weighted by molar-refractivity contribution is 0.263. The van der Waals surface area contributed by atoms with Gasteiger partial charge in [-0.2, -0.15) is 0 Å². The van der Waals surface area contributed by atoms with Gasteiger partial charge in [0.1, 0.15) is 47.8 Å². The van der Waals surface area contributed by atoms with E-state index in [-0.39, 0.29) is 12.2 Å². The zero-order valence-electron chi connectivity index (χ0n) is 24.0. The van der Waals surface area contributed by atoms with E-state index in [1.807, 2.05) is 127 Å². The molecule has 3 atom stereocenters. The van der Waals surface area contributed by atoms with Crippen LogP contribution >= 0.6 is 7.37 Å². The van der Waals surface area contributed by atoms with Crippen LogP contribution < -0.4 is 19.3 Å². The Morgan fingerprint density at radius 3 is 1.64 bits per heavy atom. The van der Waals surface area contributed by atoms with Gasteiger partial charge in [-0.05, 0) is 58.7 Å². The van der Waals surface area contributed by atoms with Crippen molar-refractivity contribution in [3.63, 3.8) is 0 Å². The molecule has 5 aromatic carbocycles. The van der Waals surface area contributed by atoms with Gasteiger partial charge in [-0.15, -0.1) is 0 Å². The van der Waals surface area contributed by atoms with Gasteiger partial charge in [-0.25, -0.2) is 0 Å². The normalized spacial score (nSPS) is 22.5. The highest BCUT2D eigenvalue weighted by molar-refractivity contribution is 7.69. The standard InChI is InChI=1S/C37H31O6P/c38-44(36-13-7-5-11-34(36)33-10-4-6-12-35(33)43-44)37(26-8-2-1-3-9-26,27-14-18-29(19-15-27)39-22-31-24-41-31)28-16-20-30(21-17-28)40-23-32-25-42-32/h1-21,31-32H,22-25H2. The molecule has 6 nitrogen and oxygen atoms in total. The quantitative estimate of drug-likeness (QED) is 0.0957. The first-order valence-electron chi connectivity index (χ1n) is 14.9. The van der Waals surface area contributed by atoms with E-state index in [4.69, 9.17) is 23.5 Å². The Labute approximate surface area is 256 Å². The summed E-state index contributed by atoms with van der Waals surface area (Å²) in [5.41, 5.74) is 4.35. The maximum Gasteiger partial charge on any atom is 0.296 e. The van der Waals surface area contributed by atoms with Gasteiger partial charge < -0.3 is 23.5 Å². The SMILES string of the molecule is O=P1(C(c2ccccc2)(c2ccc(OCC3CO3)cc2)c2ccc(OCC3CO3)cc2)Oc2ccccc2-c2ccccc21. The van der Waals surface area contributed by atoms with E-state index in [0.717, 1.165) is 52.5 Å².